The second kappa shape index (κ2) is 9.02. The van der Waals surface area contributed by atoms with Crippen molar-refractivity contribution in [2.75, 3.05) is 13.2 Å². The van der Waals surface area contributed by atoms with Crippen molar-refractivity contribution in [1.29, 1.82) is 0 Å². The van der Waals surface area contributed by atoms with Crippen LogP contribution in [0.2, 0.25) is 0 Å². The van der Waals surface area contributed by atoms with Crippen molar-refractivity contribution in [1.82, 2.24) is 5.32 Å². The molecule has 0 atom stereocenters. The molecule has 0 aliphatic heterocycles. The van der Waals surface area contributed by atoms with Crippen LogP contribution in [0.1, 0.15) is 25.8 Å². The van der Waals surface area contributed by atoms with E-state index in [0.717, 1.165) is 24.3 Å². The number of guanidine groups is 1. The van der Waals surface area contributed by atoms with Crippen LogP contribution in [0.15, 0.2) is 41.9 Å². The molecule has 0 amide bonds. The smallest absolute Gasteiger partial charge is 0.189 e. The van der Waals surface area contributed by atoms with Gasteiger partial charge in [-0.3, -0.25) is 0 Å². The van der Waals surface area contributed by atoms with Gasteiger partial charge in [0.25, 0.3) is 0 Å². The number of nitrogens with zero attached hydrogens (tertiary/aromatic N) is 1. The topological polar surface area (TPSA) is 59.6 Å². The highest BCUT2D eigenvalue weighted by Gasteiger charge is 2.03. The molecule has 1 aromatic carbocycles. The van der Waals surface area contributed by atoms with E-state index in [1.807, 2.05) is 24.3 Å². The average Bonchev–Trinajstić information content (AvgIpc) is 2.43. The van der Waals surface area contributed by atoms with Crippen LogP contribution in [-0.4, -0.2) is 19.1 Å². The standard InChI is InChI=1S/C16H25N3O/c1-4-10-18-16(17)19-12-14-7-5-6-8-15(14)20-11-9-13(2)3/h4-8,13H,1,9-12H2,2-3H3,(H3,17,18,19). The monoisotopic (exact) mass is 275 g/mol. The van der Waals surface area contributed by atoms with Crippen LogP contribution < -0.4 is 15.8 Å². The minimum Gasteiger partial charge on any atom is -0.493 e. The predicted octanol–water partition coefficient (Wildman–Crippen LogP) is 2.70. The van der Waals surface area contributed by atoms with E-state index in [4.69, 9.17) is 10.5 Å². The fourth-order valence-electron chi connectivity index (χ4n) is 1.58. The van der Waals surface area contributed by atoms with Crippen molar-refractivity contribution in [3.63, 3.8) is 0 Å². The van der Waals surface area contributed by atoms with Crippen LogP contribution in [0.3, 0.4) is 0 Å². The molecule has 3 N–H and O–H groups in total. The zero-order valence-electron chi connectivity index (χ0n) is 12.4. The molecule has 20 heavy (non-hydrogen) atoms. The lowest BCUT2D eigenvalue weighted by atomic mass is 10.1. The van der Waals surface area contributed by atoms with Crippen molar-refractivity contribution in [3.8, 4) is 5.75 Å². The largest absolute Gasteiger partial charge is 0.493 e. The third kappa shape index (κ3) is 6.27. The van der Waals surface area contributed by atoms with E-state index < -0.39 is 0 Å². The molecular formula is C16H25N3O. The van der Waals surface area contributed by atoms with Crippen molar-refractivity contribution in [2.45, 2.75) is 26.8 Å². The Bertz CT molecular complexity index is 441. The Kier molecular flexibility index (Phi) is 7.25. The van der Waals surface area contributed by atoms with Gasteiger partial charge in [0, 0.05) is 12.1 Å². The van der Waals surface area contributed by atoms with Crippen molar-refractivity contribution in [2.24, 2.45) is 16.6 Å². The normalized spacial score (nSPS) is 11.4. The summed E-state index contributed by atoms with van der Waals surface area (Å²) in [4.78, 5) is 4.29. The van der Waals surface area contributed by atoms with Gasteiger partial charge in [-0.15, -0.1) is 6.58 Å². The molecule has 0 unspecified atom stereocenters. The second-order valence-electron chi connectivity index (χ2n) is 5.01. The Morgan fingerprint density at radius 3 is 2.90 bits per heavy atom. The second-order valence-corrected chi connectivity index (χ2v) is 5.01. The van der Waals surface area contributed by atoms with Gasteiger partial charge in [-0.2, -0.15) is 0 Å². The number of ether oxygens (including phenoxy) is 1. The number of nitrogens with one attached hydrogen (secondary N) is 1. The van der Waals surface area contributed by atoms with E-state index in [1.165, 1.54) is 0 Å². The molecular weight excluding hydrogens is 250 g/mol. The first-order valence-corrected chi connectivity index (χ1v) is 6.99. The Morgan fingerprint density at radius 1 is 1.45 bits per heavy atom. The van der Waals surface area contributed by atoms with Gasteiger partial charge in [0.1, 0.15) is 5.75 Å². The third-order valence-corrected chi connectivity index (χ3v) is 2.77. The van der Waals surface area contributed by atoms with Gasteiger partial charge in [0.2, 0.25) is 0 Å². The van der Waals surface area contributed by atoms with Crippen molar-refractivity contribution >= 4 is 5.96 Å². The maximum absolute atomic E-state index is 5.81. The Hall–Kier alpha value is -1.97. The summed E-state index contributed by atoms with van der Waals surface area (Å²) in [5.74, 6) is 1.94. The van der Waals surface area contributed by atoms with E-state index >= 15 is 0 Å². The summed E-state index contributed by atoms with van der Waals surface area (Å²) < 4.78 is 5.81. The number of rotatable bonds is 8. The zero-order valence-corrected chi connectivity index (χ0v) is 12.4. The first-order valence-electron chi connectivity index (χ1n) is 6.99. The van der Waals surface area contributed by atoms with E-state index in [0.29, 0.717) is 25.0 Å². The third-order valence-electron chi connectivity index (χ3n) is 2.77. The van der Waals surface area contributed by atoms with Gasteiger partial charge in [0.15, 0.2) is 5.96 Å². The lowest BCUT2D eigenvalue weighted by molar-refractivity contribution is 0.287. The highest BCUT2D eigenvalue weighted by molar-refractivity contribution is 5.77. The molecule has 0 aromatic heterocycles. The molecule has 0 aliphatic rings. The molecule has 0 spiro atoms. The van der Waals surface area contributed by atoms with Crippen LogP contribution in [0.25, 0.3) is 0 Å². The fourth-order valence-corrected chi connectivity index (χ4v) is 1.58. The molecule has 4 nitrogen and oxygen atoms in total. The number of hydrogen-bond donors (Lipinski definition) is 2. The molecule has 0 saturated carbocycles. The van der Waals surface area contributed by atoms with Crippen LogP contribution in [0.5, 0.6) is 5.75 Å². The minimum atomic E-state index is 0.418. The molecule has 1 rings (SSSR count). The van der Waals surface area contributed by atoms with Crippen LogP contribution in [0.4, 0.5) is 0 Å². The Balaban J connectivity index is 2.58. The van der Waals surface area contributed by atoms with E-state index in [2.05, 4.69) is 30.7 Å². The Morgan fingerprint density at radius 2 is 2.20 bits per heavy atom. The first kappa shape index (κ1) is 16.1. The fraction of sp³-hybridized carbons (Fsp3) is 0.438. The molecule has 0 radical (unpaired) electrons. The maximum Gasteiger partial charge on any atom is 0.189 e. The summed E-state index contributed by atoms with van der Waals surface area (Å²) in [6, 6.07) is 7.93. The molecule has 110 valence electrons. The summed E-state index contributed by atoms with van der Waals surface area (Å²) >= 11 is 0. The molecule has 4 heteroatoms. The Labute approximate surface area is 121 Å². The molecule has 1 aromatic rings. The lowest BCUT2D eigenvalue weighted by Gasteiger charge is -2.11. The van der Waals surface area contributed by atoms with Gasteiger partial charge >= 0.3 is 0 Å². The lowest BCUT2D eigenvalue weighted by Crippen LogP contribution is -2.31. The molecule has 0 aliphatic carbocycles. The van der Waals surface area contributed by atoms with Crippen LogP contribution in [0, 0.1) is 5.92 Å². The summed E-state index contributed by atoms with van der Waals surface area (Å²) in [5.41, 5.74) is 6.79. The van der Waals surface area contributed by atoms with Gasteiger partial charge in [-0.1, -0.05) is 38.1 Å². The van der Waals surface area contributed by atoms with Crippen molar-refractivity contribution in [3.05, 3.63) is 42.5 Å². The van der Waals surface area contributed by atoms with E-state index in [1.54, 1.807) is 6.08 Å². The number of benzene rings is 1. The number of hydrogen-bond acceptors (Lipinski definition) is 2. The molecule has 0 heterocycles. The highest BCUT2D eigenvalue weighted by atomic mass is 16.5. The minimum absolute atomic E-state index is 0.418. The van der Waals surface area contributed by atoms with Gasteiger partial charge in [0.05, 0.1) is 13.2 Å². The zero-order chi connectivity index (χ0) is 14.8. The number of nitrogens with two attached hydrogens (primary N) is 1. The van der Waals surface area contributed by atoms with Crippen molar-refractivity contribution < 1.29 is 4.74 Å². The van der Waals surface area contributed by atoms with Gasteiger partial charge in [-0.05, 0) is 18.4 Å². The summed E-state index contributed by atoms with van der Waals surface area (Å²) in [7, 11) is 0. The van der Waals surface area contributed by atoms with E-state index in [-0.39, 0.29) is 0 Å². The summed E-state index contributed by atoms with van der Waals surface area (Å²) in [5, 5.41) is 2.95. The SMILES string of the molecule is C=CCNC(N)=NCc1ccccc1OCCC(C)C. The first-order chi connectivity index (χ1) is 9.63. The maximum atomic E-state index is 5.81. The van der Waals surface area contributed by atoms with Gasteiger partial charge < -0.3 is 15.8 Å². The van der Waals surface area contributed by atoms with Gasteiger partial charge in [-0.25, -0.2) is 4.99 Å². The quantitative estimate of drug-likeness (QED) is 0.435. The summed E-state index contributed by atoms with van der Waals surface area (Å²) in [6.07, 6.45) is 2.78. The molecule has 0 bridgehead atoms. The number of para-hydroxylation sites is 1. The number of aliphatic imine (C=N–C) groups is 1. The van der Waals surface area contributed by atoms with E-state index in [9.17, 15) is 0 Å². The predicted molar refractivity (Wildman–Crippen MR) is 84.9 cm³/mol. The van der Waals surface area contributed by atoms with Crippen LogP contribution in [-0.2, 0) is 6.54 Å². The van der Waals surface area contributed by atoms with Crippen LogP contribution >= 0.6 is 0 Å². The average molecular weight is 275 g/mol. The highest BCUT2D eigenvalue weighted by Crippen LogP contribution is 2.19. The molecule has 0 fully saturated rings. The molecule has 0 saturated heterocycles. The summed E-state index contributed by atoms with van der Waals surface area (Å²) in [6.45, 7) is 9.84.